The van der Waals surface area contributed by atoms with Gasteiger partial charge < -0.3 is 10.0 Å². The van der Waals surface area contributed by atoms with Gasteiger partial charge in [0.15, 0.2) is 0 Å². The van der Waals surface area contributed by atoms with E-state index in [0.29, 0.717) is 5.56 Å². The normalized spacial score (nSPS) is 10.4. The summed E-state index contributed by atoms with van der Waals surface area (Å²) in [6.45, 7) is 0. The first kappa shape index (κ1) is 17.1. The largest absolute Gasteiger partial charge is 0.507 e. The highest BCUT2D eigenvalue weighted by molar-refractivity contribution is 7.21. The predicted molar refractivity (Wildman–Crippen MR) is 113 cm³/mol. The van der Waals surface area contributed by atoms with Gasteiger partial charge in [-0.05, 0) is 54.6 Å². The maximum atomic E-state index is 10.3. The summed E-state index contributed by atoms with van der Waals surface area (Å²) in [7, 11) is 4.03. The first-order valence-corrected chi connectivity index (χ1v) is 9.40. The molecule has 1 heterocycles. The molecule has 4 rings (SSSR count). The molecule has 4 heteroatoms. The van der Waals surface area contributed by atoms with Gasteiger partial charge in [-0.3, -0.25) is 0 Å². The minimum absolute atomic E-state index is 0.218. The van der Waals surface area contributed by atoms with Crippen molar-refractivity contribution in [1.29, 1.82) is 0 Å². The average molecular weight is 370 g/mol. The number of hydrogen-bond donors (Lipinski definition) is 1. The number of anilines is 1. The number of aromatic nitrogens is 1. The first-order chi connectivity index (χ1) is 13.1. The number of thiazole rings is 1. The van der Waals surface area contributed by atoms with E-state index in [1.807, 2.05) is 74.8 Å². The monoisotopic (exact) mass is 370 g/mol. The Bertz CT molecular complexity index is 1130. The molecule has 0 atom stereocenters. The van der Waals surface area contributed by atoms with Crippen LogP contribution in [0.1, 0.15) is 11.1 Å². The van der Waals surface area contributed by atoms with Crippen LogP contribution in [0.25, 0.3) is 20.8 Å². The smallest absolute Gasteiger partial charge is 0.128 e. The van der Waals surface area contributed by atoms with E-state index in [1.54, 1.807) is 17.4 Å². The number of fused-ring (bicyclic) bond motifs is 1. The van der Waals surface area contributed by atoms with Gasteiger partial charge in [-0.1, -0.05) is 24.0 Å². The number of hydrogen-bond acceptors (Lipinski definition) is 4. The second kappa shape index (κ2) is 7.14. The molecule has 0 aliphatic rings. The maximum Gasteiger partial charge on any atom is 0.128 e. The Morgan fingerprint density at radius 1 is 0.889 bits per heavy atom. The Morgan fingerprint density at radius 2 is 1.59 bits per heavy atom. The Hall–Kier alpha value is -3.29. The molecule has 0 bridgehead atoms. The molecule has 1 N–H and O–H groups in total. The number of phenolic OH excluding ortho intramolecular Hbond substituents is 1. The van der Waals surface area contributed by atoms with Crippen molar-refractivity contribution in [3.63, 3.8) is 0 Å². The minimum atomic E-state index is 0.218. The van der Waals surface area contributed by atoms with Gasteiger partial charge in [0.2, 0.25) is 0 Å². The average Bonchev–Trinajstić information content (AvgIpc) is 3.11. The van der Waals surface area contributed by atoms with Gasteiger partial charge in [0.1, 0.15) is 10.8 Å². The van der Waals surface area contributed by atoms with Gasteiger partial charge in [0.05, 0.1) is 15.8 Å². The van der Waals surface area contributed by atoms with Crippen LogP contribution in [0.3, 0.4) is 0 Å². The molecule has 0 radical (unpaired) electrons. The van der Waals surface area contributed by atoms with Crippen molar-refractivity contribution in [3.8, 4) is 28.2 Å². The number of benzene rings is 3. The summed E-state index contributed by atoms with van der Waals surface area (Å²) in [6, 6.07) is 21.5. The molecule has 0 saturated heterocycles. The molecule has 3 aromatic carbocycles. The summed E-state index contributed by atoms with van der Waals surface area (Å²) in [5.41, 5.74) is 4.59. The molecular formula is C23H18N2OS. The first-order valence-electron chi connectivity index (χ1n) is 8.58. The van der Waals surface area contributed by atoms with Crippen molar-refractivity contribution in [2.45, 2.75) is 0 Å². The number of aromatic hydroxyl groups is 1. The summed E-state index contributed by atoms with van der Waals surface area (Å²) in [6.07, 6.45) is 0. The highest BCUT2D eigenvalue weighted by atomic mass is 32.1. The van der Waals surface area contributed by atoms with E-state index in [4.69, 9.17) is 0 Å². The summed E-state index contributed by atoms with van der Waals surface area (Å²) < 4.78 is 1.10. The van der Waals surface area contributed by atoms with E-state index in [0.717, 1.165) is 32.0 Å². The van der Waals surface area contributed by atoms with Crippen LogP contribution in [0, 0.1) is 11.8 Å². The van der Waals surface area contributed by atoms with Crippen molar-refractivity contribution in [1.82, 2.24) is 4.98 Å². The molecule has 0 aliphatic carbocycles. The molecule has 1 aromatic heterocycles. The number of rotatable bonds is 2. The van der Waals surface area contributed by atoms with Gasteiger partial charge in [0.25, 0.3) is 0 Å². The van der Waals surface area contributed by atoms with Crippen LogP contribution in [0.4, 0.5) is 5.69 Å². The molecule has 132 valence electrons. The second-order valence-corrected chi connectivity index (χ2v) is 7.44. The van der Waals surface area contributed by atoms with Crippen LogP contribution >= 0.6 is 11.3 Å². The van der Waals surface area contributed by atoms with E-state index in [1.165, 1.54) is 0 Å². The van der Waals surface area contributed by atoms with Crippen LogP contribution in [0.15, 0.2) is 66.7 Å². The van der Waals surface area contributed by atoms with Crippen LogP contribution in [0.5, 0.6) is 5.75 Å². The zero-order chi connectivity index (χ0) is 18.8. The van der Waals surface area contributed by atoms with Crippen molar-refractivity contribution in [3.05, 3.63) is 77.9 Å². The summed E-state index contributed by atoms with van der Waals surface area (Å²) in [4.78, 5) is 6.69. The summed E-state index contributed by atoms with van der Waals surface area (Å²) >= 11 is 1.57. The summed E-state index contributed by atoms with van der Waals surface area (Å²) in [5, 5.41) is 11.1. The fraction of sp³-hybridized carbons (Fsp3) is 0.0870. The van der Waals surface area contributed by atoms with Crippen molar-refractivity contribution >= 4 is 27.2 Å². The number of nitrogens with zero attached hydrogens (tertiary/aromatic N) is 2. The Labute approximate surface area is 162 Å². The van der Waals surface area contributed by atoms with Crippen molar-refractivity contribution in [2.24, 2.45) is 0 Å². The van der Waals surface area contributed by atoms with E-state index in [2.05, 4.69) is 21.7 Å². The lowest BCUT2D eigenvalue weighted by Crippen LogP contribution is -2.07. The van der Waals surface area contributed by atoms with Gasteiger partial charge in [-0.2, -0.15) is 0 Å². The Morgan fingerprint density at radius 3 is 2.33 bits per heavy atom. The van der Waals surface area contributed by atoms with E-state index < -0.39 is 0 Å². The predicted octanol–water partition coefficient (Wildman–Crippen LogP) is 5.13. The maximum absolute atomic E-state index is 10.3. The third-order valence-electron chi connectivity index (χ3n) is 4.26. The quantitative estimate of drug-likeness (QED) is 0.497. The molecule has 0 aliphatic heterocycles. The van der Waals surface area contributed by atoms with Gasteiger partial charge in [0, 0.05) is 30.9 Å². The molecule has 4 aromatic rings. The molecule has 3 nitrogen and oxygen atoms in total. The zero-order valence-corrected chi connectivity index (χ0v) is 15.9. The third kappa shape index (κ3) is 3.64. The van der Waals surface area contributed by atoms with E-state index in [-0.39, 0.29) is 5.75 Å². The number of para-hydroxylation sites is 1. The topological polar surface area (TPSA) is 36.4 Å². The van der Waals surface area contributed by atoms with Crippen LogP contribution in [0.2, 0.25) is 0 Å². The van der Waals surface area contributed by atoms with Crippen molar-refractivity contribution in [2.75, 3.05) is 19.0 Å². The van der Waals surface area contributed by atoms with Crippen LogP contribution in [-0.4, -0.2) is 24.2 Å². The Kier molecular flexibility index (Phi) is 4.53. The lowest BCUT2D eigenvalue weighted by atomic mass is 10.1. The SMILES string of the molecule is CN(C)c1ccc(C#Cc2ccc(O)c(-c3nc4ccccc4s3)c2)cc1. The second-order valence-electron chi connectivity index (χ2n) is 6.41. The molecular weight excluding hydrogens is 352 g/mol. The van der Waals surface area contributed by atoms with Gasteiger partial charge in [-0.25, -0.2) is 4.98 Å². The van der Waals surface area contributed by atoms with Gasteiger partial charge >= 0.3 is 0 Å². The molecule has 0 amide bonds. The standard InChI is InChI=1S/C23H18N2OS/c1-25(2)18-12-9-16(10-13-18)7-8-17-11-14-21(26)19(15-17)23-24-20-5-3-4-6-22(20)27-23/h3-6,9-15,26H,1-2H3. The molecule has 0 saturated carbocycles. The zero-order valence-electron chi connectivity index (χ0n) is 15.1. The lowest BCUT2D eigenvalue weighted by Gasteiger charge is -2.11. The molecule has 0 fully saturated rings. The van der Waals surface area contributed by atoms with E-state index in [9.17, 15) is 5.11 Å². The molecule has 0 spiro atoms. The lowest BCUT2D eigenvalue weighted by molar-refractivity contribution is 0.477. The van der Waals surface area contributed by atoms with Crippen LogP contribution in [-0.2, 0) is 0 Å². The highest BCUT2D eigenvalue weighted by Crippen LogP contribution is 2.35. The molecule has 0 unspecified atom stereocenters. The highest BCUT2D eigenvalue weighted by Gasteiger charge is 2.10. The fourth-order valence-corrected chi connectivity index (χ4v) is 3.75. The fourth-order valence-electron chi connectivity index (χ4n) is 2.76. The Balaban J connectivity index is 1.67. The minimum Gasteiger partial charge on any atom is -0.507 e. The van der Waals surface area contributed by atoms with Crippen molar-refractivity contribution < 1.29 is 5.11 Å². The summed E-state index contributed by atoms with van der Waals surface area (Å²) in [5.74, 6) is 6.59. The van der Waals surface area contributed by atoms with Crippen LogP contribution < -0.4 is 4.90 Å². The number of phenols is 1. The third-order valence-corrected chi connectivity index (χ3v) is 5.33. The van der Waals surface area contributed by atoms with Gasteiger partial charge in [-0.15, -0.1) is 11.3 Å². The molecule has 27 heavy (non-hydrogen) atoms. The van der Waals surface area contributed by atoms with E-state index >= 15 is 0 Å².